The Morgan fingerprint density at radius 3 is 2.65 bits per heavy atom. The zero-order valence-electron chi connectivity index (χ0n) is 13.4. The lowest BCUT2D eigenvalue weighted by Gasteiger charge is -2.30. The quantitative estimate of drug-likeness (QED) is 0.814. The predicted molar refractivity (Wildman–Crippen MR) is 87.5 cm³/mol. The smallest absolute Gasteiger partial charge is 0.0900 e. The standard InChI is InChI=1S/C16H29N3S/c1-12-6-10-19(11-7-12)9-5-8-17-13(2)16-14(3)20-15(4)18-16/h12-13,17H,5-11H2,1-4H3. The van der Waals surface area contributed by atoms with Crippen LogP contribution < -0.4 is 5.32 Å². The first-order chi connectivity index (χ1) is 9.56. The van der Waals surface area contributed by atoms with Crippen LogP contribution in [0.4, 0.5) is 0 Å². The molecule has 0 aromatic carbocycles. The highest BCUT2D eigenvalue weighted by Crippen LogP contribution is 2.22. The average Bonchev–Trinajstić information content (AvgIpc) is 2.75. The van der Waals surface area contributed by atoms with E-state index in [0.717, 1.165) is 12.5 Å². The minimum atomic E-state index is 0.376. The van der Waals surface area contributed by atoms with Crippen molar-refractivity contribution in [3.63, 3.8) is 0 Å². The van der Waals surface area contributed by atoms with Crippen molar-refractivity contribution in [1.29, 1.82) is 0 Å². The lowest BCUT2D eigenvalue weighted by molar-refractivity contribution is 0.190. The molecular formula is C16H29N3S. The number of aromatic nitrogens is 1. The van der Waals surface area contributed by atoms with Crippen molar-refractivity contribution in [1.82, 2.24) is 15.2 Å². The number of nitrogens with zero attached hydrogens (tertiary/aromatic N) is 2. The second-order valence-electron chi connectivity index (χ2n) is 6.23. The summed E-state index contributed by atoms with van der Waals surface area (Å²) in [5.74, 6) is 0.931. The Labute approximate surface area is 127 Å². The molecule has 114 valence electrons. The molecule has 0 amide bonds. The largest absolute Gasteiger partial charge is 0.309 e. The van der Waals surface area contributed by atoms with Gasteiger partial charge in [-0.3, -0.25) is 0 Å². The molecule has 2 rings (SSSR count). The molecule has 1 aromatic heterocycles. The van der Waals surface area contributed by atoms with Crippen molar-refractivity contribution in [2.45, 2.75) is 53.0 Å². The van der Waals surface area contributed by atoms with E-state index in [4.69, 9.17) is 0 Å². The minimum absolute atomic E-state index is 0.376. The molecule has 1 unspecified atom stereocenters. The van der Waals surface area contributed by atoms with Crippen molar-refractivity contribution in [2.75, 3.05) is 26.2 Å². The maximum atomic E-state index is 4.63. The predicted octanol–water partition coefficient (Wildman–Crippen LogP) is 3.53. The lowest BCUT2D eigenvalue weighted by Crippen LogP contribution is -2.35. The van der Waals surface area contributed by atoms with Gasteiger partial charge in [0.2, 0.25) is 0 Å². The fourth-order valence-electron chi connectivity index (χ4n) is 2.95. The third-order valence-corrected chi connectivity index (χ3v) is 5.23. The zero-order valence-corrected chi connectivity index (χ0v) is 14.2. The molecule has 0 saturated carbocycles. The number of hydrogen-bond acceptors (Lipinski definition) is 4. The molecule has 1 saturated heterocycles. The molecule has 3 nitrogen and oxygen atoms in total. The highest BCUT2D eigenvalue weighted by molar-refractivity contribution is 7.11. The van der Waals surface area contributed by atoms with Gasteiger partial charge in [0.15, 0.2) is 0 Å². The van der Waals surface area contributed by atoms with Crippen molar-refractivity contribution in [3.05, 3.63) is 15.6 Å². The highest BCUT2D eigenvalue weighted by Gasteiger charge is 2.15. The molecule has 1 aliphatic rings. The van der Waals surface area contributed by atoms with E-state index in [1.807, 2.05) is 0 Å². The molecular weight excluding hydrogens is 266 g/mol. The fraction of sp³-hybridized carbons (Fsp3) is 0.812. The van der Waals surface area contributed by atoms with Crippen LogP contribution in [0.15, 0.2) is 0 Å². The Kier molecular flexibility index (Phi) is 6.00. The molecule has 1 aromatic rings. The Morgan fingerprint density at radius 1 is 1.35 bits per heavy atom. The van der Waals surface area contributed by atoms with E-state index in [2.05, 4.69) is 42.9 Å². The van der Waals surface area contributed by atoms with Crippen LogP contribution in [-0.2, 0) is 0 Å². The number of thiazole rings is 1. The third kappa shape index (κ3) is 4.54. The van der Waals surface area contributed by atoms with E-state index in [-0.39, 0.29) is 0 Å². The summed E-state index contributed by atoms with van der Waals surface area (Å²) in [6.07, 6.45) is 3.99. The molecule has 1 N–H and O–H groups in total. The molecule has 0 bridgehead atoms. The normalized spacial score (nSPS) is 19.4. The van der Waals surface area contributed by atoms with Gasteiger partial charge < -0.3 is 10.2 Å². The molecule has 1 fully saturated rings. The summed E-state index contributed by atoms with van der Waals surface area (Å²) >= 11 is 1.80. The van der Waals surface area contributed by atoms with Gasteiger partial charge in [-0.1, -0.05) is 6.92 Å². The van der Waals surface area contributed by atoms with E-state index in [0.29, 0.717) is 6.04 Å². The minimum Gasteiger partial charge on any atom is -0.309 e. The van der Waals surface area contributed by atoms with Crippen LogP contribution in [0.25, 0.3) is 0 Å². The number of rotatable bonds is 6. The van der Waals surface area contributed by atoms with Gasteiger partial charge in [-0.2, -0.15) is 0 Å². The number of hydrogen-bond donors (Lipinski definition) is 1. The number of aryl methyl sites for hydroxylation is 2. The van der Waals surface area contributed by atoms with Crippen LogP contribution in [0, 0.1) is 19.8 Å². The maximum Gasteiger partial charge on any atom is 0.0900 e. The Bertz CT molecular complexity index is 408. The molecule has 1 atom stereocenters. The number of piperidine rings is 1. The highest BCUT2D eigenvalue weighted by atomic mass is 32.1. The Hall–Kier alpha value is -0.450. The summed E-state index contributed by atoms with van der Waals surface area (Å²) in [5, 5.41) is 4.79. The van der Waals surface area contributed by atoms with E-state index in [1.54, 1.807) is 11.3 Å². The van der Waals surface area contributed by atoms with Crippen LogP contribution >= 0.6 is 11.3 Å². The van der Waals surface area contributed by atoms with Crippen LogP contribution in [0.1, 0.15) is 54.7 Å². The van der Waals surface area contributed by atoms with Crippen LogP contribution in [0.2, 0.25) is 0 Å². The molecule has 2 heterocycles. The van der Waals surface area contributed by atoms with E-state index in [9.17, 15) is 0 Å². The molecule has 20 heavy (non-hydrogen) atoms. The van der Waals surface area contributed by atoms with Crippen LogP contribution in [0.5, 0.6) is 0 Å². The molecule has 0 aliphatic carbocycles. The van der Waals surface area contributed by atoms with Crippen LogP contribution in [0.3, 0.4) is 0 Å². The van der Waals surface area contributed by atoms with E-state index in [1.165, 1.54) is 54.5 Å². The topological polar surface area (TPSA) is 28.2 Å². The average molecular weight is 295 g/mol. The summed E-state index contributed by atoms with van der Waals surface area (Å²) in [7, 11) is 0. The van der Waals surface area contributed by atoms with E-state index < -0.39 is 0 Å². The maximum absolute atomic E-state index is 4.63. The molecule has 0 spiro atoms. The second kappa shape index (κ2) is 7.53. The summed E-state index contributed by atoms with van der Waals surface area (Å²) < 4.78 is 0. The Morgan fingerprint density at radius 2 is 2.05 bits per heavy atom. The first-order valence-electron chi connectivity index (χ1n) is 7.96. The van der Waals surface area contributed by atoms with Gasteiger partial charge in [0.25, 0.3) is 0 Å². The summed E-state index contributed by atoms with van der Waals surface area (Å²) in [4.78, 5) is 8.60. The SMILES string of the molecule is Cc1nc(C(C)NCCCN2CCC(C)CC2)c(C)s1. The van der Waals surface area contributed by atoms with Gasteiger partial charge in [-0.05, 0) is 72.1 Å². The van der Waals surface area contributed by atoms with Gasteiger partial charge >= 0.3 is 0 Å². The summed E-state index contributed by atoms with van der Waals surface area (Å²) in [5.41, 5.74) is 1.24. The van der Waals surface area contributed by atoms with Gasteiger partial charge in [0, 0.05) is 10.9 Å². The van der Waals surface area contributed by atoms with E-state index >= 15 is 0 Å². The molecule has 0 radical (unpaired) electrons. The monoisotopic (exact) mass is 295 g/mol. The first-order valence-corrected chi connectivity index (χ1v) is 8.77. The van der Waals surface area contributed by atoms with Crippen molar-refractivity contribution in [3.8, 4) is 0 Å². The summed E-state index contributed by atoms with van der Waals surface area (Å²) in [6, 6.07) is 0.376. The van der Waals surface area contributed by atoms with Gasteiger partial charge in [0.05, 0.1) is 10.7 Å². The van der Waals surface area contributed by atoms with Gasteiger partial charge in [0.1, 0.15) is 0 Å². The summed E-state index contributed by atoms with van der Waals surface area (Å²) in [6.45, 7) is 13.8. The fourth-order valence-corrected chi connectivity index (χ4v) is 3.86. The molecule has 1 aliphatic heterocycles. The van der Waals surface area contributed by atoms with Gasteiger partial charge in [-0.25, -0.2) is 4.98 Å². The second-order valence-corrected chi connectivity index (χ2v) is 7.64. The Balaban J connectivity index is 1.64. The van der Waals surface area contributed by atoms with Crippen molar-refractivity contribution in [2.24, 2.45) is 5.92 Å². The van der Waals surface area contributed by atoms with Gasteiger partial charge in [-0.15, -0.1) is 11.3 Å². The zero-order chi connectivity index (χ0) is 14.5. The number of nitrogens with one attached hydrogen (secondary N) is 1. The number of likely N-dealkylation sites (tertiary alicyclic amines) is 1. The third-order valence-electron chi connectivity index (χ3n) is 4.33. The van der Waals surface area contributed by atoms with Crippen molar-refractivity contribution < 1.29 is 0 Å². The first kappa shape index (κ1) is 15.9. The molecule has 4 heteroatoms. The lowest BCUT2D eigenvalue weighted by atomic mass is 9.99. The van der Waals surface area contributed by atoms with Crippen LogP contribution in [-0.4, -0.2) is 36.1 Å². The van der Waals surface area contributed by atoms with Crippen molar-refractivity contribution >= 4 is 11.3 Å².